The second-order valence-corrected chi connectivity index (χ2v) is 10.4. The Kier molecular flexibility index (Phi) is 9.24. The van der Waals surface area contributed by atoms with E-state index in [0.717, 1.165) is 28.6 Å². The Hall–Kier alpha value is -2.23. The highest BCUT2D eigenvalue weighted by atomic mass is 32.2. The zero-order chi connectivity index (χ0) is 27.7. The molecule has 1 aromatic carbocycles. The van der Waals surface area contributed by atoms with Gasteiger partial charge in [0.15, 0.2) is 17.5 Å². The first-order valence-corrected chi connectivity index (χ1v) is 12.6. The normalized spacial score (nSPS) is 25.2. The number of aromatic nitrogens is 3. The summed E-state index contributed by atoms with van der Waals surface area (Å²) in [5.74, 6) is -4.88. The number of rotatable bonds is 9. The van der Waals surface area contributed by atoms with Crippen LogP contribution >= 0.6 is 11.8 Å². The van der Waals surface area contributed by atoms with Gasteiger partial charge in [0.1, 0.15) is 40.7 Å². The summed E-state index contributed by atoms with van der Waals surface area (Å²) >= 11 is 0.838. The van der Waals surface area contributed by atoms with E-state index in [0.29, 0.717) is 13.1 Å². The van der Waals surface area contributed by atoms with Crippen molar-refractivity contribution >= 4 is 17.7 Å². The maximum absolute atomic E-state index is 13.7. The van der Waals surface area contributed by atoms with Gasteiger partial charge < -0.3 is 30.1 Å². The quantitative estimate of drug-likeness (QED) is 0.339. The van der Waals surface area contributed by atoms with Gasteiger partial charge in [0, 0.05) is 18.7 Å². The van der Waals surface area contributed by atoms with E-state index in [4.69, 9.17) is 4.74 Å². The van der Waals surface area contributed by atoms with Gasteiger partial charge in [-0.1, -0.05) is 5.21 Å². The molecule has 0 unspecified atom stereocenters. The summed E-state index contributed by atoms with van der Waals surface area (Å²) < 4.78 is 47.5. The van der Waals surface area contributed by atoms with Gasteiger partial charge in [0.25, 0.3) is 0 Å². The molecule has 206 valence electrons. The number of carbonyl (C=O) groups is 1. The molecular formula is C23H31F3N4O6S. The minimum absolute atomic E-state index is 0.0699. The van der Waals surface area contributed by atoms with Crippen molar-refractivity contribution in [3.63, 3.8) is 0 Å². The van der Waals surface area contributed by atoms with Crippen LogP contribution in [0.2, 0.25) is 0 Å². The molecule has 0 aliphatic carbocycles. The molecule has 1 fully saturated rings. The molecule has 37 heavy (non-hydrogen) atoms. The lowest BCUT2D eigenvalue weighted by Gasteiger charge is -2.44. The van der Waals surface area contributed by atoms with Gasteiger partial charge in [-0.25, -0.2) is 17.9 Å². The van der Waals surface area contributed by atoms with Gasteiger partial charge in [-0.2, -0.15) is 0 Å². The molecule has 6 atom stereocenters. The Labute approximate surface area is 216 Å². The largest absolute Gasteiger partial charge is 0.394 e. The molecule has 4 N–H and O–H groups in total. The summed E-state index contributed by atoms with van der Waals surface area (Å²) in [6, 6.07) is 0.197. The summed E-state index contributed by atoms with van der Waals surface area (Å²) in [5, 5.41) is 49.1. The third-order valence-corrected chi connectivity index (χ3v) is 7.86. The number of benzene rings is 1. The van der Waals surface area contributed by atoms with Crippen molar-refractivity contribution in [3.05, 3.63) is 35.8 Å². The molecule has 14 heteroatoms. The van der Waals surface area contributed by atoms with Gasteiger partial charge in [-0.05, 0) is 39.8 Å². The third-order valence-electron chi connectivity index (χ3n) is 6.16. The number of hydrogen-bond donors (Lipinski definition) is 4. The minimum Gasteiger partial charge on any atom is -0.394 e. The van der Waals surface area contributed by atoms with Gasteiger partial charge >= 0.3 is 0 Å². The number of aliphatic hydroxyl groups excluding tert-OH is 3. The molecular weight excluding hydrogens is 517 g/mol. The van der Waals surface area contributed by atoms with Crippen LogP contribution in [0.4, 0.5) is 13.2 Å². The molecule has 1 aliphatic rings. The SMILES string of the molecule is CCN(CC)C(=O)[C@@H](S[C@@H]1O[C@H](CO)[C@H](O)[C@H](n2cc(-c3cc(F)c(F)c(F)c3)nn2)[C@H]1O)C(C)(C)O. The number of amides is 1. The third kappa shape index (κ3) is 6.10. The molecule has 1 aromatic heterocycles. The van der Waals surface area contributed by atoms with E-state index in [1.807, 2.05) is 0 Å². The van der Waals surface area contributed by atoms with Crippen molar-refractivity contribution in [1.82, 2.24) is 19.9 Å². The van der Waals surface area contributed by atoms with Crippen molar-refractivity contribution < 1.29 is 43.1 Å². The molecule has 1 amide bonds. The number of carbonyl (C=O) groups excluding carboxylic acids is 1. The lowest BCUT2D eigenvalue weighted by Crippen LogP contribution is -2.57. The first-order valence-electron chi connectivity index (χ1n) is 11.7. The van der Waals surface area contributed by atoms with Gasteiger partial charge in [-0.15, -0.1) is 16.9 Å². The van der Waals surface area contributed by atoms with E-state index in [1.165, 1.54) is 24.9 Å². The van der Waals surface area contributed by atoms with Crippen molar-refractivity contribution in [2.45, 2.75) is 68.3 Å². The van der Waals surface area contributed by atoms with Crippen LogP contribution in [0.5, 0.6) is 0 Å². The topological polar surface area (TPSA) is 141 Å². The number of aliphatic hydroxyl groups is 4. The number of nitrogens with zero attached hydrogens (tertiary/aromatic N) is 4. The number of thioether (sulfide) groups is 1. The van der Waals surface area contributed by atoms with Crippen LogP contribution in [-0.4, -0.2) is 101 Å². The molecule has 2 aromatic rings. The summed E-state index contributed by atoms with van der Waals surface area (Å²) in [4.78, 5) is 14.7. The molecule has 0 saturated carbocycles. The number of ether oxygens (including phenoxy) is 1. The highest BCUT2D eigenvalue weighted by Gasteiger charge is 2.49. The number of hydrogen-bond acceptors (Lipinski definition) is 9. The summed E-state index contributed by atoms with van der Waals surface area (Å²) in [6.45, 7) is 6.61. The molecule has 2 heterocycles. The van der Waals surface area contributed by atoms with Crippen molar-refractivity contribution in [2.24, 2.45) is 0 Å². The zero-order valence-corrected chi connectivity index (χ0v) is 21.6. The van der Waals surface area contributed by atoms with Crippen LogP contribution < -0.4 is 0 Å². The van der Waals surface area contributed by atoms with Crippen molar-refractivity contribution in [2.75, 3.05) is 19.7 Å². The second kappa shape index (κ2) is 11.7. The average molecular weight is 549 g/mol. The standard InChI is InChI=1S/C23H31F3N4O6S/c1-5-29(6-2)21(34)20(23(3,4)35)37-22-19(33)17(18(32)15(10-31)36-22)30-9-14(27-28-30)11-7-12(24)16(26)13(25)8-11/h7-9,15,17-20,22,31-33,35H,5-6,10H2,1-4H3/t15-,17+,18+,19-,20-,22+/m1/s1. The Balaban J connectivity index is 1.94. The maximum atomic E-state index is 13.7. The molecule has 1 aliphatic heterocycles. The van der Waals surface area contributed by atoms with Crippen molar-refractivity contribution in [3.8, 4) is 11.3 Å². The molecule has 0 bridgehead atoms. The van der Waals surface area contributed by atoms with Gasteiger partial charge in [0.2, 0.25) is 5.91 Å². The predicted molar refractivity (Wildman–Crippen MR) is 128 cm³/mol. The highest BCUT2D eigenvalue weighted by Crippen LogP contribution is 2.39. The summed E-state index contributed by atoms with van der Waals surface area (Å²) in [5.41, 5.74) is -2.92. The zero-order valence-electron chi connectivity index (χ0n) is 20.8. The lowest BCUT2D eigenvalue weighted by atomic mass is 9.97. The predicted octanol–water partition coefficient (Wildman–Crippen LogP) is 1.08. The first-order chi connectivity index (χ1) is 17.3. The van der Waals surface area contributed by atoms with E-state index in [-0.39, 0.29) is 17.2 Å². The van der Waals surface area contributed by atoms with E-state index in [9.17, 15) is 38.4 Å². The first kappa shape index (κ1) is 29.3. The molecule has 3 rings (SSSR count). The molecule has 0 spiro atoms. The highest BCUT2D eigenvalue weighted by molar-refractivity contribution is 8.01. The Morgan fingerprint density at radius 3 is 2.30 bits per heavy atom. The monoisotopic (exact) mass is 548 g/mol. The van der Waals surface area contributed by atoms with Crippen LogP contribution in [0.15, 0.2) is 18.3 Å². The molecule has 1 saturated heterocycles. The van der Waals surface area contributed by atoms with Crippen LogP contribution in [0.1, 0.15) is 33.7 Å². The Morgan fingerprint density at radius 1 is 1.19 bits per heavy atom. The maximum Gasteiger partial charge on any atom is 0.238 e. The van der Waals surface area contributed by atoms with Gasteiger partial charge in [-0.3, -0.25) is 4.79 Å². The fourth-order valence-corrected chi connectivity index (χ4v) is 5.51. The van der Waals surface area contributed by atoms with Crippen molar-refractivity contribution in [1.29, 1.82) is 0 Å². The Morgan fingerprint density at radius 2 is 1.78 bits per heavy atom. The molecule has 0 radical (unpaired) electrons. The lowest BCUT2D eigenvalue weighted by molar-refractivity contribution is -0.179. The number of halogens is 3. The fraction of sp³-hybridized carbons (Fsp3) is 0.609. The van der Waals surface area contributed by atoms with Gasteiger partial charge in [0.05, 0.1) is 18.4 Å². The summed E-state index contributed by atoms with van der Waals surface area (Å²) in [6.07, 6.45) is -3.02. The van der Waals surface area contributed by atoms with E-state index in [1.54, 1.807) is 13.8 Å². The van der Waals surface area contributed by atoms with Crippen LogP contribution in [0.3, 0.4) is 0 Å². The van der Waals surface area contributed by atoms with E-state index in [2.05, 4.69) is 10.3 Å². The minimum atomic E-state index is -1.64. The average Bonchev–Trinajstić information content (AvgIpc) is 3.31. The van der Waals surface area contributed by atoms with Crippen LogP contribution in [-0.2, 0) is 9.53 Å². The Bertz CT molecular complexity index is 1070. The second-order valence-electron chi connectivity index (χ2n) is 9.22. The van der Waals surface area contributed by atoms with Crippen LogP contribution in [0.25, 0.3) is 11.3 Å². The van der Waals surface area contributed by atoms with E-state index >= 15 is 0 Å². The fourth-order valence-electron chi connectivity index (χ4n) is 4.11. The van der Waals surface area contributed by atoms with Crippen LogP contribution in [0, 0.1) is 17.5 Å². The molecule has 10 nitrogen and oxygen atoms in total. The summed E-state index contributed by atoms with van der Waals surface area (Å²) in [7, 11) is 0. The van der Waals surface area contributed by atoms with E-state index < -0.39 is 64.7 Å². The smallest absolute Gasteiger partial charge is 0.238 e.